The van der Waals surface area contributed by atoms with Gasteiger partial charge in [0.15, 0.2) is 0 Å². The maximum absolute atomic E-state index is 4.67. The standard InChI is InChI=1S/C28H37N3/c1-3-5-7-9-10-12-23-14-18-27(30-20-23)25-16-19-28(31-22-25)24-15-17-26(29-21-24)13-11-8-6-4-2/h14-22H,3-13H2,1-2H3. The third-order valence-electron chi connectivity index (χ3n) is 5.86. The first-order valence-corrected chi connectivity index (χ1v) is 12.2. The molecule has 3 heteroatoms. The Hall–Kier alpha value is -2.55. The van der Waals surface area contributed by atoms with Crippen molar-refractivity contribution in [3.8, 4) is 22.5 Å². The zero-order valence-electron chi connectivity index (χ0n) is 19.3. The molecule has 0 saturated heterocycles. The molecule has 0 aromatic carbocycles. The maximum Gasteiger partial charge on any atom is 0.0717 e. The highest BCUT2D eigenvalue weighted by Crippen LogP contribution is 2.22. The molecule has 0 aliphatic rings. The fourth-order valence-electron chi connectivity index (χ4n) is 3.85. The fraction of sp³-hybridized carbons (Fsp3) is 0.464. The van der Waals surface area contributed by atoms with Crippen LogP contribution in [0, 0.1) is 0 Å². The molecule has 0 fully saturated rings. The van der Waals surface area contributed by atoms with E-state index in [1.165, 1.54) is 69.0 Å². The lowest BCUT2D eigenvalue weighted by atomic mass is 10.1. The number of hydrogen-bond acceptors (Lipinski definition) is 3. The van der Waals surface area contributed by atoms with E-state index in [4.69, 9.17) is 0 Å². The molecule has 0 amide bonds. The van der Waals surface area contributed by atoms with Crippen LogP contribution in [0.3, 0.4) is 0 Å². The molecule has 0 unspecified atom stereocenters. The molecule has 31 heavy (non-hydrogen) atoms. The molecule has 0 bridgehead atoms. The number of unbranched alkanes of at least 4 members (excludes halogenated alkanes) is 7. The molecular weight excluding hydrogens is 378 g/mol. The number of rotatable bonds is 13. The van der Waals surface area contributed by atoms with E-state index in [0.717, 1.165) is 35.4 Å². The second-order valence-corrected chi connectivity index (χ2v) is 8.50. The summed E-state index contributed by atoms with van der Waals surface area (Å²) in [5.41, 5.74) is 6.55. The lowest BCUT2D eigenvalue weighted by molar-refractivity contribution is 0.632. The van der Waals surface area contributed by atoms with Gasteiger partial charge in [-0.25, -0.2) is 0 Å². The van der Waals surface area contributed by atoms with Crippen molar-refractivity contribution in [2.75, 3.05) is 0 Å². The normalized spacial score (nSPS) is 11.0. The predicted octanol–water partition coefficient (Wildman–Crippen LogP) is 7.84. The van der Waals surface area contributed by atoms with Gasteiger partial charge in [0.25, 0.3) is 0 Å². The van der Waals surface area contributed by atoms with Crippen molar-refractivity contribution in [3.05, 3.63) is 66.2 Å². The van der Waals surface area contributed by atoms with E-state index < -0.39 is 0 Å². The van der Waals surface area contributed by atoms with Crippen LogP contribution in [0.15, 0.2) is 55.0 Å². The SMILES string of the molecule is CCCCCCCc1ccc(-c2ccc(-c3ccc(CCCCCC)nc3)nc2)nc1. The van der Waals surface area contributed by atoms with E-state index in [9.17, 15) is 0 Å². The molecule has 0 spiro atoms. The molecule has 3 aromatic heterocycles. The molecule has 3 nitrogen and oxygen atoms in total. The number of pyridine rings is 3. The number of aromatic nitrogens is 3. The Morgan fingerprint density at radius 3 is 1.68 bits per heavy atom. The molecule has 0 radical (unpaired) electrons. The monoisotopic (exact) mass is 415 g/mol. The lowest BCUT2D eigenvalue weighted by Crippen LogP contribution is -1.93. The van der Waals surface area contributed by atoms with Gasteiger partial charge in [0.2, 0.25) is 0 Å². The maximum atomic E-state index is 4.67. The van der Waals surface area contributed by atoms with Crippen molar-refractivity contribution < 1.29 is 0 Å². The molecule has 3 heterocycles. The van der Waals surface area contributed by atoms with E-state index in [0.29, 0.717) is 0 Å². The topological polar surface area (TPSA) is 38.7 Å². The summed E-state index contributed by atoms with van der Waals surface area (Å²) >= 11 is 0. The van der Waals surface area contributed by atoms with E-state index in [2.05, 4.69) is 65.2 Å². The quantitative estimate of drug-likeness (QED) is 0.267. The van der Waals surface area contributed by atoms with Gasteiger partial charge in [0.1, 0.15) is 0 Å². The van der Waals surface area contributed by atoms with Gasteiger partial charge in [-0.15, -0.1) is 0 Å². The Bertz CT molecular complexity index is 868. The van der Waals surface area contributed by atoms with Crippen molar-refractivity contribution in [1.29, 1.82) is 0 Å². The van der Waals surface area contributed by atoms with Crippen LogP contribution in [0.5, 0.6) is 0 Å². The van der Waals surface area contributed by atoms with Crippen molar-refractivity contribution in [1.82, 2.24) is 15.0 Å². The molecular formula is C28H37N3. The van der Waals surface area contributed by atoms with Crippen molar-refractivity contribution in [3.63, 3.8) is 0 Å². The Labute approximate surface area is 188 Å². The predicted molar refractivity (Wildman–Crippen MR) is 131 cm³/mol. The van der Waals surface area contributed by atoms with E-state index in [1.807, 2.05) is 18.6 Å². The molecule has 3 rings (SSSR count). The van der Waals surface area contributed by atoms with Crippen LogP contribution in [0.2, 0.25) is 0 Å². The minimum Gasteiger partial charge on any atom is -0.261 e. The second-order valence-electron chi connectivity index (χ2n) is 8.50. The fourth-order valence-corrected chi connectivity index (χ4v) is 3.85. The first-order chi connectivity index (χ1) is 15.3. The summed E-state index contributed by atoms with van der Waals surface area (Å²) in [5, 5.41) is 0. The van der Waals surface area contributed by atoms with E-state index in [1.54, 1.807) is 0 Å². The lowest BCUT2D eigenvalue weighted by Gasteiger charge is -2.06. The minimum atomic E-state index is 0.956. The van der Waals surface area contributed by atoms with E-state index in [-0.39, 0.29) is 0 Å². The summed E-state index contributed by atoms with van der Waals surface area (Å²) in [5.74, 6) is 0. The Morgan fingerprint density at radius 1 is 0.516 bits per heavy atom. The molecule has 3 aromatic rings. The van der Waals surface area contributed by atoms with Crippen LogP contribution in [-0.2, 0) is 12.8 Å². The third kappa shape index (κ3) is 7.57. The number of aryl methyl sites for hydroxylation is 2. The van der Waals surface area contributed by atoms with Crippen LogP contribution in [0.25, 0.3) is 22.5 Å². The van der Waals surface area contributed by atoms with Crippen LogP contribution >= 0.6 is 0 Å². The van der Waals surface area contributed by atoms with Crippen molar-refractivity contribution in [2.45, 2.75) is 84.5 Å². The van der Waals surface area contributed by atoms with Crippen molar-refractivity contribution >= 4 is 0 Å². The molecule has 0 saturated carbocycles. The summed E-state index contributed by atoms with van der Waals surface area (Å²) < 4.78 is 0. The first kappa shape index (κ1) is 23.1. The largest absolute Gasteiger partial charge is 0.261 e. The Kier molecular flexibility index (Phi) is 9.69. The van der Waals surface area contributed by atoms with Crippen LogP contribution in [0.4, 0.5) is 0 Å². The smallest absolute Gasteiger partial charge is 0.0717 e. The third-order valence-corrected chi connectivity index (χ3v) is 5.86. The summed E-state index contributed by atoms with van der Waals surface area (Å²) in [6.45, 7) is 4.50. The second kappa shape index (κ2) is 13.0. The summed E-state index contributed by atoms with van der Waals surface area (Å²) in [4.78, 5) is 14.0. The minimum absolute atomic E-state index is 0.956. The number of hydrogen-bond donors (Lipinski definition) is 0. The van der Waals surface area contributed by atoms with Gasteiger partial charge in [0, 0.05) is 35.4 Å². The molecule has 0 atom stereocenters. The van der Waals surface area contributed by atoms with Gasteiger partial charge < -0.3 is 0 Å². The highest BCUT2D eigenvalue weighted by molar-refractivity contribution is 5.64. The van der Waals surface area contributed by atoms with Gasteiger partial charge in [-0.1, -0.05) is 64.9 Å². The highest BCUT2D eigenvalue weighted by atomic mass is 14.7. The summed E-state index contributed by atoms with van der Waals surface area (Å²) in [6, 6.07) is 12.8. The van der Waals surface area contributed by atoms with Gasteiger partial charge in [-0.2, -0.15) is 0 Å². The molecule has 0 N–H and O–H groups in total. The van der Waals surface area contributed by atoms with Gasteiger partial charge >= 0.3 is 0 Å². The zero-order valence-corrected chi connectivity index (χ0v) is 19.3. The van der Waals surface area contributed by atoms with Crippen LogP contribution in [-0.4, -0.2) is 15.0 Å². The number of nitrogens with zero attached hydrogens (tertiary/aromatic N) is 3. The zero-order chi connectivity index (χ0) is 21.7. The Morgan fingerprint density at radius 2 is 1.10 bits per heavy atom. The van der Waals surface area contributed by atoms with Crippen LogP contribution in [0.1, 0.15) is 82.9 Å². The molecule has 164 valence electrons. The van der Waals surface area contributed by atoms with Gasteiger partial charge in [-0.3, -0.25) is 15.0 Å². The van der Waals surface area contributed by atoms with Gasteiger partial charge in [-0.05, 0) is 61.6 Å². The van der Waals surface area contributed by atoms with Crippen molar-refractivity contribution in [2.24, 2.45) is 0 Å². The average molecular weight is 416 g/mol. The molecule has 0 aliphatic carbocycles. The summed E-state index contributed by atoms with van der Waals surface area (Å²) in [6.07, 6.45) is 19.7. The summed E-state index contributed by atoms with van der Waals surface area (Å²) in [7, 11) is 0. The van der Waals surface area contributed by atoms with E-state index >= 15 is 0 Å². The highest BCUT2D eigenvalue weighted by Gasteiger charge is 2.05. The van der Waals surface area contributed by atoms with Crippen LogP contribution < -0.4 is 0 Å². The Balaban J connectivity index is 1.53. The first-order valence-electron chi connectivity index (χ1n) is 12.2. The van der Waals surface area contributed by atoms with Gasteiger partial charge in [0.05, 0.1) is 11.4 Å². The molecule has 0 aliphatic heterocycles. The average Bonchev–Trinajstić information content (AvgIpc) is 2.83.